The van der Waals surface area contributed by atoms with Crippen LogP contribution in [0.5, 0.6) is 5.75 Å². The molecule has 2 nitrogen and oxygen atoms in total. The maximum Gasteiger partial charge on any atom is 0.141 e. The summed E-state index contributed by atoms with van der Waals surface area (Å²) in [5, 5.41) is 8.99. The first-order chi connectivity index (χ1) is 8.27. The van der Waals surface area contributed by atoms with Gasteiger partial charge < -0.3 is 4.74 Å². The average Bonchev–Trinajstić information content (AvgIpc) is 2.38. The molecule has 0 saturated carbocycles. The Morgan fingerprint density at radius 1 is 1.06 bits per heavy atom. The summed E-state index contributed by atoms with van der Waals surface area (Å²) in [5.41, 5.74) is 1.30. The molecule has 0 unspecified atom stereocenters. The van der Waals surface area contributed by atoms with E-state index < -0.39 is 5.82 Å². The molecule has 0 atom stereocenters. The quantitative estimate of drug-likeness (QED) is 0.788. The summed E-state index contributed by atoms with van der Waals surface area (Å²) >= 11 is 0. The number of halogens is 1. The molecule has 0 spiro atoms. The molecule has 0 fully saturated rings. The molecule has 2 aromatic carbocycles. The maximum atomic E-state index is 13.5. The van der Waals surface area contributed by atoms with Crippen molar-refractivity contribution in [2.24, 2.45) is 0 Å². The van der Waals surface area contributed by atoms with E-state index in [0.717, 1.165) is 0 Å². The van der Waals surface area contributed by atoms with Gasteiger partial charge in [0.25, 0.3) is 0 Å². The molecule has 0 aliphatic rings. The highest BCUT2D eigenvalue weighted by atomic mass is 19.1. The van der Waals surface area contributed by atoms with Crippen LogP contribution in [-0.2, 0) is 0 Å². The number of hydrogen-bond donors (Lipinski definition) is 0. The maximum absolute atomic E-state index is 13.5. The van der Waals surface area contributed by atoms with Gasteiger partial charge >= 0.3 is 0 Å². The topological polar surface area (TPSA) is 33.0 Å². The van der Waals surface area contributed by atoms with Gasteiger partial charge in [0.15, 0.2) is 0 Å². The van der Waals surface area contributed by atoms with Crippen LogP contribution in [0.15, 0.2) is 42.5 Å². The predicted molar refractivity (Wildman–Crippen MR) is 63.1 cm³/mol. The third kappa shape index (κ3) is 1.98. The molecule has 0 amide bonds. The van der Waals surface area contributed by atoms with E-state index in [1.165, 1.54) is 6.07 Å². The van der Waals surface area contributed by atoms with Crippen molar-refractivity contribution in [2.45, 2.75) is 0 Å². The number of para-hydroxylation sites is 1. The lowest BCUT2D eigenvalue weighted by Crippen LogP contribution is -1.92. The van der Waals surface area contributed by atoms with Gasteiger partial charge in [-0.25, -0.2) is 4.39 Å². The largest absolute Gasteiger partial charge is 0.496 e. The Hall–Kier alpha value is -2.34. The molecule has 3 heteroatoms. The van der Waals surface area contributed by atoms with Crippen LogP contribution in [0, 0.1) is 17.1 Å². The third-order valence-electron chi connectivity index (χ3n) is 2.52. The van der Waals surface area contributed by atoms with E-state index in [1.807, 2.05) is 18.2 Å². The molecule has 0 aliphatic heterocycles. The van der Waals surface area contributed by atoms with Crippen molar-refractivity contribution in [3.63, 3.8) is 0 Å². The summed E-state index contributed by atoms with van der Waals surface area (Å²) in [6.45, 7) is 0. The Labute approximate surface area is 98.9 Å². The van der Waals surface area contributed by atoms with Crippen molar-refractivity contribution >= 4 is 0 Å². The summed E-state index contributed by atoms with van der Waals surface area (Å²) in [4.78, 5) is 0. The number of benzene rings is 2. The van der Waals surface area contributed by atoms with Crippen LogP contribution < -0.4 is 4.74 Å². The molecule has 2 aromatic rings. The van der Waals surface area contributed by atoms with Crippen molar-refractivity contribution < 1.29 is 9.13 Å². The van der Waals surface area contributed by atoms with Gasteiger partial charge in [0.2, 0.25) is 0 Å². The summed E-state index contributed by atoms with van der Waals surface area (Å²) in [7, 11) is 1.55. The fourth-order valence-corrected chi connectivity index (χ4v) is 1.73. The highest BCUT2D eigenvalue weighted by Crippen LogP contribution is 2.32. The molecule has 0 radical (unpaired) electrons. The van der Waals surface area contributed by atoms with Crippen molar-refractivity contribution in [3.05, 3.63) is 53.8 Å². The lowest BCUT2D eigenvalue weighted by atomic mass is 9.99. The first kappa shape index (κ1) is 11.2. The standard InChI is InChI=1S/C14H10FNO/c1-17-14-8-3-2-5-11(14)10-6-4-7-13(15)12(10)9-16/h2-8H,1H3. The second-order valence-corrected chi connectivity index (χ2v) is 3.47. The molecular formula is C14H10FNO. The minimum atomic E-state index is -0.518. The number of ether oxygens (including phenoxy) is 1. The Morgan fingerprint density at radius 2 is 1.76 bits per heavy atom. The molecule has 0 heterocycles. The van der Waals surface area contributed by atoms with Gasteiger partial charge in [0.05, 0.1) is 12.7 Å². The summed E-state index contributed by atoms with van der Waals surface area (Å²) in [6, 6.07) is 13.7. The van der Waals surface area contributed by atoms with Crippen LogP contribution >= 0.6 is 0 Å². The minimum absolute atomic E-state index is 0.0389. The highest BCUT2D eigenvalue weighted by molar-refractivity contribution is 5.75. The predicted octanol–water partition coefficient (Wildman–Crippen LogP) is 3.37. The summed E-state index contributed by atoms with van der Waals surface area (Å²) in [6.07, 6.45) is 0. The van der Waals surface area contributed by atoms with Gasteiger partial charge in [0, 0.05) is 11.1 Å². The molecule has 0 N–H and O–H groups in total. The first-order valence-corrected chi connectivity index (χ1v) is 5.10. The van der Waals surface area contributed by atoms with Gasteiger partial charge in [-0.05, 0) is 12.1 Å². The monoisotopic (exact) mass is 227 g/mol. The molecule has 84 valence electrons. The van der Waals surface area contributed by atoms with Crippen LogP contribution in [-0.4, -0.2) is 7.11 Å². The van der Waals surface area contributed by atoms with Crippen molar-refractivity contribution in [1.82, 2.24) is 0 Å². The molecule has 0 aliphatic carbocycles. The summed E-state index contributed by atoms with van der Waals surface area (Å²) in [5.74, 6) is 0.102. The molecular weight excluding hydrogens is 217 g/mol. The van der Waals surface area contributed by atoms with Crippen molar-refractivity contribution in [1.29, 1.82) is 5.26 Å². The van der Waals surface area contributed by atoms with E-state index in [1.54, 1.807) is 31.4 Å². The Kier molecular flexibility index (Phi) is 3.06. The number of methoxy groups -OCH3 is 1. The molecule has 0 bridgehead atoms. The van der Waals surface area contributed by atoms with Gasteiger partial charge in [-0.2, -0.15) is 5.26 Å². The van der Waals surface area contributed by atoms with E-state index in [4.69, 9.17) is 10.00 Å². The lowest BCUT2D eigenvalue weighted by molar-refractivity contribution is 0.416. The normalized spacial score (nSPS) is 9.71. The zero-order chi connectivity index (χ0) is 12.3. The smallest absolute Gasteiger partial charge is 0.141 e. The number of rotatable bonds is 2. The molecule has 17 heavy (non-hydrogen) atoms. The van der Waals surface area contributed by atoms with Crippen molar-refractivity contribution in [3.8, 4) is 22.9 Å². The Bertz CT molecular complexity index is 587. The van der Waals surface area contributed by atoms with E-state index >= 15 is 0 Å². The molecule has 2 rings (SSSR count). The van der Waals surface area contributed by atoms with Gasteiger partial charge in [0.1, 0.15) is 17.6 Å². The number of hydrogen-bond acceptors (Lipinski definition) is 2. The Balaban J connectivity index is 2.69. The van der Waals surface area contributed by atoms with Crippen LogP contribution in [0.2, 0.25) is 0 Å². The van der Waals surface area contributed by atoms with Gasteiger partial charge in [-0.1, -0.05) is 30.3 Å². The summed E-state index contributed by atoms with van der Waals surface area (Å²) < 4.78 is 18.7. The fraction of sp³-hybridized carbons (Fsp3) is 0.0714. The minimum Gasteiger partial charge on any atom is -0.496 e. The second-order valence-electron chi connectivity index (χ2n) is 3.47. The van der Waals surface area contributed by atoms with E-state index in [-0.39, 0.29) is 5.56 Å². The Morgan fingerprint density at radius 3 is 2.47 bits per heavy atom. The highest BCUT2D eigenvalue weighted by Gasteiger charge is 2.12. The van der Waals surface area contributed by atoms with E-state index in [9.17, 15) is 4.39 Å². The van der Waals surface area contributed by atoms with E-state index in [2.05, 4.69) is 0 Å². The number of nitriles is 1. The van der Waals surface area contributed by atoms with Crippen LogP contribution in [0.1, 0.15) is 5.56 Å². The van der Waals surface area contributed by atoms with E-state index in [0.29, 0.717) is 16.9 Å². The molecule has 0 aromatic heterocycles. The van der Waals surface area contributed by atoms with Gasteiger partial charge in [-0.15, -0.1) is 0 Å². The fourth-order valence-electron chi connectivity index (χ4n) is 1.73. The second kappa shape index (κ2) is 4.67. The molecule has 0 saturated heterocycles. The van der Waals surface area contributed by atoms with Gasteiger partial charge in [-0.3, -0.25) is 0 Å². The van der Waals surface area contributed by atoms with Crippen LogP contribution in [0.4, 0.5) is 4.39 Å². The zero-order valence-electron chi connectivity index (χ0n) is 9.27. The van der Waals surface area contributed by atoms with Crippen molar-refractivity contribution in [2.75, 3.05) is 7.11 Å². The van der Waals surface area contributed by atoms with Crippen LogP contribution in [0.3, 0.4) is 0 Å². The first-order valence-electron chi connectivity index (χ1n) is 5.10. The van der Waals surface area contributed by atoms with Crippen LogP contribution in [0.25, 0.3) is 11.1 Å². The SMILES string of the molecule is COc1ccccc1-c1cccc(F)c1C#N. The lowest BCUT2D eigenvalue weighted by Gasteiger charge is -2.09. The third-order valence-corrected chi connectivity index (χ3v) is 2.52. The zero-order valence-corrected chi connectivity index (χ0v) is 9.27. The average molecular weight is 227 g/mol. The number of nitrogens with zero attached hydrogens (tertiary/aromatic N) is 1.